The van der Waals surface area contributed by atoms with Crippen molar-refractivity contribution in [2.24, 2.45) is 0 Å². The van der Waals surface area contributed by atoms with Gasteiger partial charge in [0.15, 0.2) is 5.65 Å². The number of aromatic nitrogens is 6. The molecule has 32 heavy (non-hydrogen) atoms. The molecule has 1 unspecified atom stereocenters. The molecule has 0 amide bonds. The van der Waals surface area contributed by atoms with E-state index in [0.29, 0.717) is 16.5 Å². The fourth-order valence-electron chi connectivity index (χ4n) is 4.03. The number of hydrogen-bond donors (Lipinski definition) is 2. The molecule has 0 radical (unpaired) electrons. The third-order valence-electron chi connectivity index (χ3n) is 5.73. The number of nitrogens with two attached hydrogens (primary N) is 1. The number of rotatable bonds is 7. The predicted molar refractivity (Wildman–Crippen MR) is 126 cm³/mol. The summed E-state index contributed by atoms with van der Waals surface area (Å²) in [6, 6.07) is 1.72. The summed E-state index contributed by atoms with van der Waals surface area (Å²) < 4.78 is 9.68. The number of halogens is 1. The van der Waals surface area contributed by atoms with Gasteiger partial charge >= 0.3 is 0 Å². The van der Waals surface area contributed by atoms with E-state index >= 15 is 0 Å². The van der Waals surface area contributed by atoms with E-state index in [1.165, 1.54) is 6.33 Å². The zero-order valence-electron chi connectivity index (χ0n) is 18.8. The highest BCUT2D eigenvalue weighted by atomic mass is 35.5. The molecule has 168 valence electrons. The molecular formula is C22H27ClN8O. The molecule has 0 fully saturated rings. The van der Waals surface area contributed by atoms with Gasteiger partial charge in [-0.05, 0) is 39.4 Å². The van der Waals surface area contributed by atoms with Gasteiger partial charge in [0.2, 0.25) is 0 Å². The highest BCUT2D eigenvalue weighted by molar-refractivity contribution is 6.32. The number of ether oxygens (including phenoxy) is 1. The van der Waals surface area contributed by atoms with Gasteiger partial charge in [-0.15, -0.1) is 0 Å². The third kappa shape index (κ3) is 3.67. The first-order chi connectivity index (χ1) is 15.4. The summed E-state index contributed by atoms with van der Waals surface area (Å²) in [6.07, 6.45) is 5.30. The van der Waals surface area contributed by atoms with Gasteiger partial charge in [0, 0.05) is 34.5 Å². The van der Waals surface area contributed by atoms with E-state index in [1.807, 2.05) is 55.6 Å². The van der Waals surface area contributed by atoms with Crippen LogP contribution in [0, 0.1) is 13.8 Å². The molecule has 10 heteroatoms. The molecule has 3 heterocycles. The van der Waals surface area contributed by atoms with Crippen LogP contribution in [-0.4, -0.2) is 50.2 Å². The number of benzene rings is 1. The van der Waals surface area contributed by atoms with Gasteiger partial charge < -0.3 is 15.8 Å². The number of methoxy groups -OCH3 is 1. The Morgan fingerprint density at radius 2 is 2.06 bits per heavy atom. The molecule has 0 saturated heterocycles. The summed E-state index contributed by atoms with van der Waals surface area (Å²) >= 11 is 6.70. The van der Waals surface area contributed by atoms with E-state index in [2.05, 4.69) is 20.4 Å². The number of fused-ring (bicyclic) bond motifs is 1. The molecule has 9 nitrogen and oxygen atoms in total. The molecule has 4 rings (SSSR count). The largest absolute Gasteiger partial charge is 0.496 e. The van der Waals surface area contributed by atoms with Crippen LogP contribution in [0.1, 0.15) is 29.8 Å². The maximum absolute atomic E-state index is 6.70. The van der Waals surface area contributed by atoms with Crippen molar-refractivity contribution in [3.8, 4) is 16.9 Å². The predicted octanol–water partition coefficient (Wildman–Crippen LogP) is 3.38. The number of nitrogens with zero attached hydrogens (tertiary/aromatic N) is 6. The minimum atomic E-state index is -0.216. The number of anilines is 1. The van der Waals surface area contributed by atoms with Crippen molar-refractivity contribution in [3.05, 3.63) is 46.6 Å². The first kappa shape index (κ1) is 22.0. The standard InChI is InChI=1S/C22H27ClN8O/c1-12-17(23)8-16(14(3)31-22-19(13(2)29-31)21(24)26-11-27-22)20(32-5)18(12)15-9-28-30(10-15)7-6-25-4/h8-11,14,25H,6-7H2,1-5H3,(H2,24,26,27). The Hall–Kier alpha value is -3.17. The number of nitrogen functional groups attached to an aromatic ring is 1. The maximum Gasteiger partial charge on any atom is 0.164 e. The third-order valence-corrected chi connectivity index (χ3v) is 6.12. The van der Waals surface area contributed by atoms with Gasteiger partial charge in [-0.3, -0.25) is 4.68 Å². The van der Waals surface area contributed by atoms with Crippen molar-refractivity contribution in [2.75, 3.05) is 26.4 Å². The van der Waals surface area contributed by atoms with Crippen LogP contribution in [0.15, 0.2) is 24.8 Å². The molecule has 0 aliphatic heterocycles. The number of aryl methyl sites for hydroxylation is 1. The van der Waals surface area contributed by atoms with E-state index in [1.54, 1.807) is 7.11 Å². The lowest BCUT2D eigenvalue weighted by molar-refractivity contribution is 0.402. The second-order valence-corrected chi connectivity index (χ2v) is 8.15. The van der Waals surface area contributed by atoms with Crippen molar-refractivity contribution in [2.45, 2.75) is 33.4 Å². The second-order valence-electron chi connectivity index (χ2n) is 7.74. The van der Waals surface area contributed by atoms with Gasteiger partial charge in [0.25, 0.3) is 0 Å². The Balaban J connectivity index is 1.87. The molecule has 1 atom stereocenters. The zero-order chi connectivity index (χ0) is 23.0. The summed E-state index contributed by atoms with van der Waals surface area (Å²) in [5, 5.41) is 13.7. The molecule has 0 saturated carbocycles. The van der Waals surface area contributed by atoms with Crippen molar-refractivity contribution in [1.29, 1.82) is 0 Å². The fraction of sp³-hybridized carbons (Fsp3) is 0.364. The van der Waals surface area contributed by atoms with Crippen molar-refractivity contribution >= 4 is 28.5 Å². The molecule has 0 aliphatic carbocycles. The van der Waals surface area contributed by atoms with Gasteiger partial charge in [-0.25, -0.2) is 14.6 Å². The van der Waals surface area contributed by atoms with Gasteiger partial charge in [0.1, 0.15) is 17.9 Å². The van der Waals surface area contributed by atoms with Gasteiger partial charge in [-0.2, -0.15) is 10.2 Å². The topological polar surface area (TPSA) is 109 Å². The highest BCUT2D eigenvalue weighted by Gasteiger charge is 2.25. The highest BCUT2D eigenvalue weighted by Crippen LogP contribution is 2.43. The van der Waals surface area contributed by atoms with Crippen molar-refractivity contribution in [3.63, 3.8) is 0 Å². The van der Waals surface area contributed by atoms with Crippen molar-refractivity contribution < 1.29 is 4.74 Å². The van der Waals surface area contributed by atoms with Crippen LogP contribution >= 0.6 is 11.6 Å². The summed E-state index contributed by atoms with van der Waals surface area (Å²) in [5.74, 6) is 1.14. The monoisotopic (exact) mass is 454 g/mol. The van der Waals surface area contributed by atoms with Crippen LogP contribution in [-0.2, 0) is 6.54 Å². The Morgan fingerprint density at radius 1 is 1.28 bits per heavy atom. The second kappa shape index (κ2) is 8.76. The van der Waals surface area contributed by atoms with Gasteiger partial charge in [-0.1, -0.05) is 11.6 Å². The first-order valence-corrected chi connectivity index (χ1v) is 10.7. The Bertz CT molecular complexity index is 1280. The van der Waals surface area contributed by atoms with E-state index < -0.39 is 0 Å². The Labute approximate surface area is 191 Å². The number of hydrogen-bond acceptors (Lipinski definition) is 7. The SMILES string of the molecule is CNCCn1cc(-c2c(C)c(Cl)cc(C(C)n3nc(C)c4c(N)ncnc43)c2OC)cn1. The first-order valence-electron chi connectivity index (χ1n) is 10.4. The molecule has 0 aliphatic rings. The fourth-order valence-corrected chi connectivity index (χ4v) is 4.25. The van der Waals surface area contributed by atoms with E-state index in [-0.39, 0.29) is 6.04 Å². The Kier molecular flexibility index (Phi) is 6.03. The summed E-state index contributed by atoms with van der Waals surface area (Å²) in [7, 11) is 3.59. The summed E-state index contributed by atoms with van der Waals surface area (Å²) in [4.78, 5) is 8.54. The van der Waals surface area contributed by atoms with Crippen LogP contribution in [0.3, 0.4) is 0 Å². The van der Waals surface area contributed by atoms with Crippen LogP contribution in [0.25, 0.3) is 22.2 Å². The number of likely N-dealkylation sites (N-methyl/N-ethyl adjacent to an activating group) is 1. The summed E-state index contributed by atoms with van der Waals surface area (Å²) in [6.45, 7) is 7.51. The molecular weight excluding hydrogens is 428 g/mol. The maximum atomic E-state index is 6.70. The smallest absolute Gasteiger partial charge is 0.164 e. The average Bonchev–Trinajstić information content (AvgIpc) is 3.38. The zero-order valence-corrected chi connectivity index (χ0v) is 19.6. The minimum Gasteiger partial charge on any atom is -0.496 e. The molecule has 3 aromatic heterocycles. The lowest BCUT2D eigenvalue weighted by atomic mass is 9.95. The van der Waals surface area contributed by atoms with Gasteiger partial charge in [0.05, 0.1) is 37.0 Å². The number of nitrogens with one attached hydrogen (secondary N) is 1. The van der Waals surface area contributed by atoms with Crippen LogP contribution < -0.4 is 15.8 Å². The summed E-state index contributed by atoms with van der Waals surface area (Å²) in [5.41, 5.74) is 11.2. The molecule has 3 N–H and O–H groups in total. The molecule has 1 aromatic carbocycles. The minimum absolute atomic E-state index is 0.216. The van der Waals surface area contributed by atoms with E-state index in [0.717, 1.165) is 52.2 Å². The van der Waals surface area contributed by atoms with Crippen LogP contribution in [0.4, 0.5) is 5.82 Å². The van der Waals surface area contributed by atoms with Crippen LogP contribution in [0.2, 0.25) is 5.02 Å². The quantitative estimate of drug-likeness (QED) is 0.440. The molecule has 0 spiro atoms. The molecule has 0 bridgehead atoms. The van der Waals surface area contributed by atoms with Crippen molar-refractivity contribution in [1.82, 2.24) is 34.8 Å². The lowest BCUT2D eigenvalue weighted by Gasteiger charge is -2.21. The lowest BCUT2D eigenvalue weighted by Crippen LogP contribution is -2.15. The Morgan fingerprint density at radius 3 is 2.78 bits per heavy atom. The molecule has 4 aromatic rings. The van der Waals surface area contributed by atoms with Crippen LogP contribution in [0.5, 0.6) is 5.75 Å². The van der Waals surface area contributed by atoms with E-state index in [4.69, 9.17) is 27.2 Å². The van der Waals surface area contributed by atoms with E-state index in [9.17, 15) is 0 Å². The normalized spacial score (nSPS) is 12.4. The average molecular weight is 455 g/mol.